The third kappa shape index (κ3) is 1.20. The van der Waals surface area contributed by atoms with Crippen LogP contribution < -0.4 is 0 Å². The molecule has 1 heterocycles. The van der Waals surface area contributed by atoms with E-state index in [9.17, 15) is 0 Å². The highest BCUT2D eigenvalue weighted by Crippen LogP contribution is 2.26. The van der Waals surface area contributed by atoms with E-state index < -0.39 is 0 Å². The van der Waals surface area contributed by atoms with Crippen LogP contribution in [0.15, 0.2) is 0 Å². The molecule has 2 heteroatoms. The highest BCUT2D eigenvalue weighted by atomic mass is 16.9. The minimum atomic E-state index is 0.0107. The molecule has 0 N–H and O–H groups in total. The zero-order valence-electron chi connectivity index (χ0n) is 5.31. The number of ether oxygens (including phenoxy) is 2. The molecule has 8 heavy (non-hydrogen) atoms. The van der Waals surface area contributed by atoms with Crippen LogP contribution in [0.25, 0.3) is 0 Å². The maximum Gasteiger partial charge on any atom is 0.228 e. The zero-order chi connectivity index (χ0) is 5.98. The molecule has 1 radical (unpaired) electrons. The van der Waals surface area contributed by atoms with Gasteiger partial charge in [0.2, 0.25) is 6.29 Å². The molecule has 1 fully saturated rings. The molecular weight excluding hydrogens is 104 g/mol. The van der Waals surface area contributed by atoms with Crippen LogP contribution in [0, 0.1) is 6.29 Å². The van der Waals surface area contributed by atoms with Crippen LogP contribution in [0.3, 0.4) is 0 Å². The monoisotopic (exact) mass is 115 g/mol. The quantitative estimate of drug-likeness (QED) is 0.545. The molecule has 1 saturated heterocycles. The first-order chi connectivity index (χ1) is 3.83. The second kappa shape index (κ2) is 2.46. The van der Waals surface area contributed by atoms with Gasteiger partial charge in [0.1, 0.15) is 0 Å². The average molecular weight is 115 g/mol. The smallest absolute Gasteiger partial charge is 0.228 e. The molecule has 0 aromatic rings. The minimum absolute atomic E-state index is 0.0107. The van der Waals surface area contributed by atoms with Gasteiger partial charge in [-0.3, -0.25) is 0 Å². The Hall–Kier alpha value is -0.0800. The first-order valence-electron chi connectivity index (χ1n) is 3.02. The van der Waals surface area contributed by atoms with Crippen molar-refractivity contribution in [2.75, 3.05) is 0 Å². The summed E-state index contributed by atoms with van der Waals surface area (Å²) in [5.74, 6) is 0. The summed E-state index contributed by atoms with van der Waals surface area (Å²) in [4.78, 5) is 0. The van der Waals surface area contributed by atoms with Gasteiger partial charge in [-0.25, -0.2) is 0 Å². The van der Waals surface area contributed by atoms with Crippen LogP contribution in [-0.2, 0) is 9.47 Å². The Kier molecular flexibility index (Phi) is 1.86. The lowest BCUT2D eigenvalue weighted by atomic mass is 10.3. The van der Waals surface area contributed by atoms with Crippen molar-refractivity contribution in [1.29, 1.82) is 0 Å². The van der Waals surface area contributed by atoms with Crippen molar-refractivity contribution < 1.29 is 9.47 Å². The summed E-state index contributed by atoms with van der Waals surface area (Å²) in [6.45, 7) is 3.99. The number of hydrogen-bond acceptors (Lipinski definition) is 2. The van der Waals surface area contributed by atoms with E-state index in [0.717, 1.165) is 19.1 Å². The third-order valence-corrected chi connectivity index (χ3v) is 1.05. The van der Waals surface area contributed by atoms with Gasteiger partial charge in [-0.15, -0.1) is 0 Å². The van der Waals surface area contributed by atoms with Crippen molar-refractivity contribution in [3.05, 3.63) is 6.29 Å². The lowest BCUT2D eigenvalue weighted by molar-refractivity contribution is -0.300. The SMILES string of the molecule is CCC[C]1OC(C)O1. The summed E-state index contributed by atoms with van der Waals surface area (Å²) in [6, 6.07) is 0. The Morgan fingerprint density at radius 3 is 2.50 bits per heavy atom. The molecule has 0 aromatic carbocycles. The van der Waals surface area contributed by atoms with E-state index in [-0.39, 0.29) is 6.29 Å². The molecule has 1 aliphatic heterocycles. The number of rotatable bonds is 2. The van der Waals surface area contributed by atoms with Crippen molar-refractivity contribution >= 4 is 0 Å². The first-order valence-corrected chi connectivity index (χ1v) is 3.02. The van der Waals surface area contributed by atoms with Crippen LogP contribution >= 0.6 is 0 Å². The van der Waals surface area contributed by atoms with Gasteiger partial charge in [0, 0.05) is 6.42 Å². The lowest BCUT2D eigenvalue weighted by Gasteiger charge is -2.31. The predicted octanol–water partition coefficient (Wildman–Crippen LogP) is 1.67. The standard InChI is InChI=1S/C6H11O2/c1-3-4-6-7-5(2)8-6/h5H,3-4H2,1-2H3. The van der Waals surface area contributed by atoms with Crippen LogP contribution in [-0.4, -0.2) is 6.29 Å². The van der Waals surface area contributed by atoms with Gasteiger partial charge in [0.15, 0.2) is 6.29 Å². The second-order valence-corrected chi connectivity index (χ2v) is 1.93. The highest BCUT2D eigenvalue weighted by Gasteiger charge is 2.27. The molecule has 47 valence electrons. The molecule has 0 spiro atoms. The van der Waals surface area contributed by atoms with E-state index >= 15 is 0 Å². The van der Waals surface area contributed by atoms with E-state index in [2.05, 4.69) is 6.92 Å². The summed E-state index contributed by atoms with van der Waals surface area (Å²) in [6.07, 6.45) is 2.86. The van der Waals surface area contributed by atoms with Gasteiger partial charge in [0.25, 0.3) is 0 Å². The molecule has 0 unspecified atom stereocenters. The van der Waals surface area contributed by atoms with Gasteiger partial charge >= 0.3 is 0 Å². The minimum Gasteiger partial charge on any atom is -0.316 e. The molecule has 1 aliphatic rings. The Balaban J connectivity index is 1.98. The Labute approximate surface area is 49.8 Å². The van der Waals surface area contributed by atoms with Gasteiger partial charge in [-0.05, 0) is 6.92 Å². The topological polar surface area (TPSA) is 18.5 Å². The summed E-state index contributed by atoms with van der Waals surface area (Å²) < 4.78 is 10.1. The third-order valence-electron chi connectivity index (χ3n) is 1.05. The fourth-order valence-corrected chi connectivity index (χ4v) is 0.701. The summed E-state index contributed by atoms with van der Waals surface area (Å²) >= 11 is 0. The molecule has 0 aromatic heterocycles. The maximum absolute atomic E-state index is 5.07. The number of hydrogen-bond donors (Lipinski definition) is 0. The van der Waals surface area contributed by atoms with Gasteiger partial charge in [0.05, 0.1) is 0 Å². The van der Waals surface area contributed by atoms with Gasteiger partial charge in [-0.1, -0.05) is 13.3 Å². The molecule has 0 aliphatic carbocycles. The molecule has 0 atom stereocenters. The van der Waals surface area contributed by atoms with E-state index in [0.29, 0.717) is 0 Å². The lowest BCUT2D eigenvalue weighted by Crippen LogP contribution is -2.31. The molecular formula is C6H11O2. The van der Waals surface area contributed by atoms with Gasteiger partial charge in [-0.2, -0.15) is 0 Å². The van der Waals surface area contributed by atoms with E-state index in [1.54, 1.807) is 0 Å². The fraction of sp³-hybridized carbons (Fsp3) is 0.833. The van der Waals surface area contributed by atoms with Crippen LogP contribution in [0.1, 0.15) is 26.7 Å². The molecule has 0 amide bonds. The van der Waals surface area contributed by atoms with Gasteiger partial charge < -0.3 is 9.47 Å². The van der Waals surface area contributed by atoms with E-state index in [1.807, 2.05) is 6.92 Å². The molecule has 0 saturated carbocycles. The van der Waals surface area contributed by atoms with Crippen molar-refractivity contribution in [2.24, 2.45) is 0 Å². The van der Waals surface area contributed by atoms with Crippen LogP contribution in [0.4, 0.5) is 0 Å². The van der Waals surface area contributed by atoms with E-state index in [4.69, 9.17) is 9.47 Å². The molecule has 1 rings (SSSR count). The molecule has 2 nitrogen and oxygen atoms in total. The Morgan fingerprint density at radius 2 is 2.12 bits per heavy atom. The highest BCUT2D eigenvalue weighted by molar-refractivity contribution is 4.72. The van der Waals surface area contributed by atoms with Crippen LogP contribution in [0.5, 0.6) is 0 Å². The normalized spacial score (nSPS) is 23.2. The summed E-state index contributed by atoms with van der Waals surface area (Å²) in [5, 5.41) is 0. The second-order valence-electron chi connectivity index (χ2n) is 1.93. The van der Waals surface area contributed by atoms with Crippen molar-refractivity contribution in [3.63, 3.8) is 0 Å². The predicted molar refractivity (Wildman–Crippen MR) is 29.8 cm³/mol. The first kappa shape index (κ1) is 6.05. The Morgan fingerprint density at radius 1 is 1.50 bits per heavy atom. The van der Waals surface area contributed by atoms with Crippen molar-refractivity contribution in [1.82, 2.24) is 0 Å². The largest absolute Gasteiger partial charge is 0.316 e. The summed E-state index contributed by atoms with van der Waals surface area (Å²) in [7, 11) is 0. The van der Waals surface area contributed by atoms with Crippen molar-refractivity contribution in [2.45, 2.75) is 33.0 Å². The maximum atomic E-state index is 5.07. The average Bonchev–Trinajstić information content (AvgIpc) is 1.64. The summed E-state index contributed by atoms with van der Waals surface area (Å²) in [5.41, 5.74) is 0. The zero-order valence-corrected chi connectivity index (χ0v) is 5.31. The fourth-order valence-electron chi connectivity index (χ4n) is 0.701. The molecule has 0 bridgehead atoms. The van der Waals surface area contributed by atoms with Crippen LogP contribution in [0.2, 0.25) is 0 Å². The van der Waals surface area contributed by atoms with E-state index in [1.165, 1.54) is 0 Å². The van der Waals surface area contributed by atoms with Crippen molar-refractivity contribution in [3.8, 4) is 0 Å². The Bertz CT molecular complexity index is 64.2.